The number of hydrogen-bond donors (Lipinski definition) is 1. The Kier molecular flexibility index (Phi) is 4.88. The van der Waals surface area contributed by atoms with E-state index in [0.717, 1.165) is 25.1 Å². The topological polar surface area (TPSA) is 29.1 Å². The molecule has 1 N–H and O–H groups in total. The Morgan fingerprint density at radius 2 is 1.93 bits per heavy atom. The summed E-state index contributed by atoms with van der Waals surface area (Å²) in [7, 11) is 0. The number of benzene rings is 1. The fraction of sp³-hybridized carbons (Fsp3) is 0.462. The molecule has 0 unspecified atom stereocenters. The molecule has 0 aliphatic carbocycles. The molecule has 0 radical (unpaired) electrons. The Balaban J connectivity index is 2.39. The molecule has 2 heteroatoms. The third-order valence-electron chi connectivity index (χ3n) is 2.33. The van der Waals surface area contributed by atoms with Crippen molar-refractivity contribution in [2.24, 2.45) is 0 Å². The molecule has 15 heavy (non-hydrogen) atoms. The largest absolute Gasteiger partial charge is 0.385 e. The summed E-state index contributed by atoms with van der Waals surface area (Å²) in [6.45, 7) is 4.68. The maximum absolute atomic E-state index is 10.8. The molecular weight excluding hydrogens is 186 g/mol. The van der Waals surface area contributed by atoms with E-state index in [-0.39, 0.29) is 5.78 Å². The first-order valence-corrected chi connectivity index (χ1v) is 5.54. The first kappa shape index (κ1) is 11.8. The van der Waals surface area contributed by atoms with E-state index in [9.17, 15) is 4.79 Å². The molecule has 0 atom stereocenters. The van der Waals surface area contributed by atoms with Gasteiger partial charge in [0.25, 0.3) is 0 Å². The van der Waals surface area contributed by atoms with Crippen molar-refractivity contribution < 1.29 is 4.79 Å². The number of nitrogens with one attached hydrogen (secondary N) is 1. The van der Waals surface area contributed by atoms with Crippen molar-refractivity contribution in [3.63, 3.8) is 0 Å². The standard InChI is InChI=1S/C13H19NO/c1-3-14-13-9-7-12(8-10-13)6-4-5-11(2)15/h7-10,14H,3-6H2,1-2H3. The lowest BCUT2D eigenvalue weighted by atomic mass is 10.1. The SMILES string of the molecule is CCNc1ccc(CCCC(C)=O)cc1. The molecule has 0 saturated carbocycles. The normalized spacial score (nSPS) is 10.0. The van der Waals surface area contributed by atoms with Gasteiger partial charge in [0.15, 0.2) is 0 Å². The molecule has 82 valence electrons. The minimum absolute atomic E-state index is 0.277. The number of Topliss-reactive ketones (excluding diaryl/α,β-unsaturated/α-hetero) is 1. The highest BCUT2D eigenvalue weighted by atomic mass is 16.1. The molecule has 0 heterocycles. The van der Waals surface area contributed by atoms with Gasteiger partial charge in [-0.2, -0.15) is 0 Å². The summed E-state index contributed by atoms with van der Waals surface area (Å²) in [6.07, 6.45) is 2.64. The lowest BCUT2D eigenvalue weighted by Gasteiger charge is -2.04. The lowest BCUT2D eigenvalue weighted by molar-refractivity contribution is -0.117. The zero-order valence-electron chi connectivity index (χ0n) is 9.55. The van der Waals surface area contributed by atoms with Gasteiger partial charge in [-0.15, -0.1) is 0 Å². The van der Waals surface area contributed by atoms with Crippen LogP contribution in [0, 0.1) is 0 Å². The number of rotatable bonds is 6. The molecule has 0 amide bonds. The minimum atomic E-state index is 0.277. The van der Waals surface area contributed by atoms with Crippen LogP contribution in [-0.4, -0.2) is 12.3 Å². The molecule has 0 fully saturated rings. The molecule has 0 saturated heterocycles. The van der Waals surface area contributed by atoms with Gasteiger partial charge in [0.05, 0.1) is 0 Å². The predicted molar refractivity (Wildman–Crippen MR) is 64.2 cm³/mol. The molecule has 0 aromatic heterocycles. The average molecular weight is 205 g/mol. The lowest BCUT2D eigenvalue weighted by Crippen LogP contribution is -1.96. The van der Waals surface area contributed by atoms with Crippen molar-refractivity contribution in [3.05, 3.63) is 29.8 Å². The van der Waals surface area contributed by atoms with Crippen LogP contribution in [0.15, 0.2) is 24.3 Å². The Morgan fingerprint density at radius 1 is 1.27 bits per heavy atom. The van der Waals surface area contributed by atoms with E-state index in [0.29, 0.717) is 6.42 Å². The summed E-state index contributed by atoms with van der Waals surface area (Å²) in [4.78, 5) is 10.8. The Morgan fingerprint density at radius 3 is 2.47 bits per heavy atom. The molecule has 0 aliphatic heterocycles. The van der Waals surface area contributed by atoms with Crippen LogP contribution in [0.1, 0.15) is 32.3 Å². The molecule has 0 spiro atoms. The second-order valence-electron chi connectivity index (χ2n) is 3.78. The van der Waals surface area contributed by atoms with Gasteiger partial charge < -0.3 is 10.1 Å². The van der Waals surface area contributed by atoms with Crippen LogP contribution in [0.4, 0.5) is 5.69 Å². The third-order valence-corrected chi connectivity index (χ3v) is 2.33. The first-order chi connectivity index (χ1) is 7.22. The molecular formula is C13H19NO. The number of hydrogen-bond acceptors (Lipinski definition) is 2. The summed E-state index contributed by atoms with van der Waals surface area (Å²) in [5.74, 6) is 0.277. The van der Waals surface area contributed by atoms with E-state index in [1.54, 1.807) is 6.92 Å². The monoisotopic (exact) mass is 205 g/mol. The summed E-state index contributed by atoms with van der Waals surface area (Å²) in [5, 5.41) is 3.25. The second-order valence-corrected chi connectivity index (χ2v) is 3.78. The number of carbonyl (C=O) groups excluding carboxylic acids is 1. The summed E-state index contributed by atoms with van der Waals surface area (Å²) in [6, 6.07) is 8.43. The average Bonchev–Trinajstić information content (AvgIpc) is 2.20. The van der Waals surface area contributed by atoms with Gasteiger partial charge >= 0.3 is 0 Å². The highest BCUT2D eigenvalue weighted by molar-refractivity contribution is 5.75. The molecule has 1 rings (SSSR count). The van der Waals surface area contributed by atoms with Gasteiger partial charge in [-0.1, -0.05) is 12.1 Å². The Bertz CT molecular complexity index is 303. The van der Waals surface area contributed by atoms with Gasteiger partial charge in [-0.25, -0.2) is 0 Å². The zero-order valence-corrected chi connectivity index (χ0v) is 9.55. The number of ketones is 1. The zero-order chi connectivity index (χ0) is 11.1. The molecule has 1 aromatic rings. The minimum Gasteiger partial charge on any atom is -0.385 e. The van der Waals surface area contributed by atoms with Crippen molar-refractivity contribution in [2.75, 3.05) is 11.9 Å². The Labute approximate surface area is 91.7 Å². The predicted octanol–water partition coefficient (Wildman–Crippen LogP) is 3.03. The van der Waals surface area contributed by atoms with E-state index in [1.807, 2.05) is 0 Å². The van der Waals surface area contributed by atoms with Gasteiger partial charge in [0, 0.05) is 18.7 Å². The van der Waals surface area contributed by atoms with Crippen molar-refractivity contribution in [1.82, 2.24) is 0 Å². The fourth-order valence-electron chi connectivity index (χ4n) is 1.53. The van der Waals surface area contributed by atoms with Crippen LogP contribution in [0.2, 0.25) is 0 Å². The number of aryl methyl sites for hydroxylation is 1. The van der Waals surface area contributed by atoms with Crippen molar-refractivity contribution in [1.29, 1.82) is 0 Å². The maximum atomic E-state index is 10.8. The number of anilines is 1. The third kappa shape index (κ3) is 4.63. The quantitative estimate of drug-likeness (QED) is 0.773. The van der Waals surface area contributed by atoms with Crippen molar-refractivity contribution >= 4 is 11.5 Å². The van der Waals surface area contributed by atoms with Gasteiger partial charge in [0.2, 0.25) is 0 Å². The summed E-state index contributed by atoms with van der Waals surface area (Å²) in [5.41, 5.74) is 2.46. The van der Waals surface area contributed by atoms with E-state index in [2.05, 4.69) is 36.5 Å². The number of carbonyl (C=O) groups is 1. The molecule has 0 aliphatic rings. The van der Waals surface area contributed by atoms with E-state index >= 15 is 0 Å². The first-order valence-electron chi connectivity index (χ1n) is 5.54. The highest BCUT2D eigenvalue weighted by Gasteiger charge is 1.96. The van der Waals surface area contributed by atoms with E-state index in [4.69, 9.17) is 0 Å². The second kappa shape index (κ2) is 6.23. The van der Waals surface area contributed by atoms with Gasteiger partial charge in [-0.05, 0) is 44.4 Å². The Hall–Kier alpha value is -1.31. The van der Waals surface area contributed by atoms with Crippen LogP contribution >= 0.6 is 0 Å². The molecule has 1 aromatic carbocycles. The summed E-state index contributed by atoms with van der Waals surface area (Å²) < 4.78 is 0. The highest BCUT2D eigenvalue weighted by Crippen LogP contribution is 2.11. The van der Waals surface area contributed by atoms with Crippen molar-refractivity contribution in [2.45, 2.75) is 33.1 Å². The molecule has 0 bridgehead atoms. The summed E-state index contributed by atoms with van der Waals surface area (Å²) >= 11 is 0. The smallest absolute Gasteiger partial charge is 0.129 e. The van der Waals surface area contributed by atoms with Crippen LogP contribution in [0.3, 0.4) is 0 Å². The fourth-order valence-corrected chi connectivity index (χ4v) is 1.53. The maximum Gasteiger partial charge on any atom is 0.129 e. The molecule has 2 nitrogen and oxygen atoms in total. The van der Waals surface area contributed by atoms with Crippen LogP contribution in [-0.2, 0) is 11.2 Å². The van der Waals surface area contributed by atoms with Crippen molar-refractivity contribution in [3.8, 4) is 0 Å². The van der Waals surface area contributed by atoms with Gasteiger partial charge in [-0.3, -0.25) is 0 Å². The van der Waals surface area contributed by atoms with Crippen LogP contribution in [0.25, 0.3) is 0 Å². The van der Waals surface area contributed by atoms with E-state index < -0.39 is 0 Å². The van der Waals surface area contributed by atoms with Gasteiger partial charge in [0.1, 0.15) is 5.78 Å². The van der Waals surface area contributed by atoms with E-state index in [1.165, 1.54) is 5.56 Å². The van der Waals surface area contributed by atoms with Crippen LogP contribution < -0.4 is 5.32 Å². The van der Waals surface area contributed by atoms with Crippen LogP contribution in [0.5, 0.6) is 0 Å².